The third-order valence-corrected chi connectivity index (χ3v) is 4.91. The standard InChI is InChI=1S/C12H18O2/c1-11-4-7-3-8(5-11)10(14)12(2,6-11)9(7)13/h7-9,13H,3-6H2,1-2H3. The quantitative estimate of drug-likeness (QED) is 0.638. The first-order valence-corrected chi connectivity index (χ1v) is 5.67. The van der Waals surface area contributed by atoms with E-state index in [1.165, 1.54) is 0 Å². The molecule has 0 spiro atoms. The summed E-state index contributed by atoms with van der Waals surface area (Å²) in [6.07, 6.45) is 3.70. The van der Waals surface area contributed by atoms with Crippen LogP contribution >= 0.6 is 0 Å². The minimum atomic E-state index is -0.404. The highest BCUT2D eigenvalue weighted by molar-refractivity contribution is 5.89. The average molecular weight is 194 g/mol. The van der Waals surface area contributed by atoms with Gasteiger partial charge < -0.3 is 5.11 Å². The number of carbonyl (C=O) groups is 1. The number of hydrogen-bond acceptors (Lipinski definition) is 2. The van der Waals surface area contributed by atoms with Crippen molar-refractivity contribution in [3.63, 3.8) is 0 Å². The highest BCUT2D eigenvalue weighted by Crippen LogP contribution is 2.63. The average Bonchev–Trinajstić information content (AvgIpc) is 2.09. The summed E-state index contributed by atoms with van der Waals surface area (Å²) in [5.74, 6) is 1.01. The predicted octanol–water partition coefficient (Wildman–Crippen LogP) is 1.76. The van der Waals surface area contributed by atoms with Crippen LogP contribution in [0.4, 0.5) is 0 Å². The van der Waals surface area contributed by atoms with Crippen LogP contribution in [-0.2, 0) is 4.79 Å². The van der Waals surface area contributed by atoms with E-state index in [9.17, 15) is 9.90 Å². The third kappa shape index (κ3) is 0.837. The van der Waals surface area contributed by atoms with Gasteiger partial charge in [0.1, 0.15) is 5.78 Å². The summed E-state index contributed by atoms with van der Waals surface area (Å²) in [7, 11) is 0. The van der Waals surface area contributed by atoms with Crippen molar-refractivity contribution in [2.45, 2.75) is 45.6 Å². The van der Waals surface area contributed by atoms with E-state index in [0.717, 1.165) is 25.7 Å². The maximum absolute atomic E-state index is 12.1. The molecule has 1 N–H and O–H groups in total. The highest BCUT2D eigenvalue weighted by Gasteiger charge is 2.63. The van der Waals surface area contributed by atoms with E-state index in [-0.39, 0.29) is 12.0 Å². The van der Waals surface area contributed by atoms with Crippen molar-refractivity contribution in [3.05, 3.63) is 0 Å². The molecule has 4 aliphatic rings. The fraction of sp³-hybridized carbons (Fsp3) is 0.917. The summed E-state index contributed by atoms with van der Waals surface area (Å²) in [5.41, 5.74) is -0.0612. The van der Waals surface area contributed by atoms with Crippen molar-refractivity contribution in [2.24, 2.45) is 22.7 Å². The van der Waals surface area contributed by atoms with E-state index >= 15 is 0 Å². The summed E-state index contributed by atoms with van der Waals surface area (Å²) in [6, 6.07) is 0. The molecule has 0 saturated heterocycles. The van der Waals surface area contributed by atoms with Gasteiger partial charge in [0.2, 0.25) is 0 Å². The maximum atomic E-state index is 12.1. The van der Waals surface area contributed by atoms with Gasteiger partial charge in [0.05, 0.1) is 11.5 Å². The van der Waals surface area contributed by atoms with Gasteiger partial charge in [-0.1, -0.05) is 13.8 Å². The molecule has 0 aromatic carbocycles. The van der Waals surface area contributed by atoms with Crippen LogP contribution in [0.2, 0.25) is 0 Å². The first kappa shape index (κ1) is 8.90. The molecule has 4 fully saturated rings. The lowest BCUT2D eigenvalue weighted by Crippen LogP contribution is -2.63. The Morgan fingerprint density at radius 2 is 2.07 bits per heavy atom. The van der Waals surface area contributed by atoms with Crippen LogP contribution in [0.3, 0.4) is 0 Å². The van der Waals surface area contributed by atoms with Gasteiger partial charge in [-0.05, 0) is 37.0 Å². The Bertz CT molecular complexity index is 311. The molecular formula is C12H18O2. The Morgan fingerprint density at radius 1 is 1.36 bits per heavy atom. The number of carbonyl (C=O) groups excluding carboxylic acids is 1. The number of Topliss-reactive ketones (excluding diaryl/α,β-unsaturated/α-hetero) is 1. The minimum Gasteiger partial charge on any atom is -0.392 e. The number of aliphatic hydroxyl groups excluding tert-OH is 1. The summed E-state index contributed by atoms with van der Waals surface area (Å²) in [5, 5.41) is 10.2. The van der Waals surface area contributed by atoms with E-state index < -0.39 is 5.41 Å². The molecule has 0 aromatic heterocycles. The van der Waals surface area contributed by atoms with Crippen molar-refractivity contribution in [3.8, 4) is 0 Å². The molecule has 4 bridgehead atoms. The fourth-order valence-corrected chi connectivity index (χ4v) is 4.64. The summed E-state index contributed by atoms with van der Waals surface area (Å²) < 4.78 is 0. The molecule has 78 valence electrons. The minimum absolute atomic E-state index is 0.265. The van der Waals surface area contributed by atoms with E-state index in [1.54, 1.807) is 0 Å². The third-order valence-electron chi connectivity index (χ3n) is 4.91. The number of ketones is 1. The normalized spacial score (nSPS) is 60.8. The zero-order valence-electron chi connectivity index (χ0n) is 8.92. The van der Waals surface area contributed by atoms with Gasteiger partial charge in [0, 0.05) is 5.92 Å². The van der Waals surface area contributed by atoms with Gasteiger partial charge in [0.15, 0.2) is 0 Å². The van der Waals surface area contributed by atoms with Crippen LogP contribution in [0.25, 0.3) is 0 Å². The topological polar surface area (TPSA) is 37.3 Å². The Morgan fingerprint density at radius 3 is 2.79 bits per heavy atom. The van der Waals surface area contributed by atoms with Crippen LogP contribution in [0.15, 0.2) is 0 Å². The first-order chi connectivity index (χ1) is 6.45. The van der Waals surface area contributed by atoms with E-state index in [4.69, 9.17) is 0 Å². The van der Waals surface area contributed by atoms with Gasteiger partial charge >= 0.3 is 0 Å². The molecule has 0 radical (unpaired) electrons. The van der Waals surface area contributed by atoms with Crippen molar-refractivity contribution in [2.75, 3.05) is 0 Å². The Kier molecular flexibility index (Phi) is 1.42. The van der Waals surface area contributed by atoms with Crippen LogP contribution < -0.4 is 0 Å². The zero-order valence-corrected chi connectivity index (χ0v) is 8.92. The molecule has 14 heavy (non-hydrogen) atoms. The molecule has 0 amide bonds. The second-order valence-electron chi connectivity index (χ2n) is 6.31. The Balaban J connectivity index is 2.09. The van der Waals surface area contributed by atoms with Crippen LogP contribution in [0.1, 0.15) is 39.5 Å². The lowest BCUT2D eigenvalue weighted by atomic mass is 9.43. The Labute approximate surface area is 84.7 Å². The Hall–Kier alpha value is -0.370. The van der Waals surface area contributed by atoms with Crippen molar-refractivity contribution < 1.29 is 9.90 Å². The van der Waals surface area contributed by atoms with Crippen LogP contribution in [-0.4, -0.2) is 17.0 Å². The van der Waals surface area contributed by atoms with Crippen molar-refractivity contribution >= 4 is 5.78 Å². The molecular weight excluding hydrogens is 176 g/mol. The zero-order chi connectivity index (χ0) is 10.1. The summed E-state index contributed by atoms with van der Waals surface area (Å²) >= 11 is 0. The van der Waals surface area contributed by atoms with Crippen LogP contribution in [0.5, 0.6) is 0 Å². The second-order valence-corrected chi connectivity index (χ2v) is 6.31. The van der Waals surface area contributed by atoms with Gasteiger partial charge in [-0.15, -0.1) is 0 Å². The molecule has 5 unspecified atom stereocenters. The fourth-order valence-electron chi connectivity index (χ4n) is 4.64. The maximum Gasteiger partial charge on any atom is 0.144 e. The molecule has 4 aliphatic carbocycles. The molecule has 4 saturated carbocycles. The molecule has 5 atom stereocenters. The molecule has 0 aromatic rings. The van der Waals surface area contributed by atoms with Gasteiger partial charge in [-0.25, -0.2) is 0 Å². The molecule has 2 heteroatoms. The molecule has 2 nitrogen and oxygen atoms in total. The van der Waals surface area contributed by atoms with Crippen molar-refractivity contribution in [1.82, 2.24) is 0 Å². The lowest BCUT2D eigenvalue weighted by Gasteiger charge is -2.61. The smallest absolute Gasteiger partial charge is 0.144 e. The van der Waals surface area contributed by atoms with Crippen LogP contribution in [0, 0.1) is 22.7 Å². The number of rotatable bonds is 0. The lowest BCUT2D eigenvalue weighted by molar-refractivity contribution is -0.187. The van der Waals surface area contributed by atoms with E-state index in [2.05, 4.69) is 6.92 Å². The molecule has 4 rings (SSSR count). The predicted molar refractivity (Wildman–Crippen MR) is 52.7 cm³/mol. The number of aliphatic hydroxyl groups is 1. The van der Waals surface area contributed by atoms with Crippen molar-refractivity contribution in [1.29, 1.82) is 0 Å². The molecule has 0 aliphatic heterocycles. The molecule has 0 heterocycles. The van der Waals surface area contributed by atoms with Gasteiger partial charge in [0.25, 0.3) is 0 Å². The van der Waals surface area contributed by atoms with Gasteiger partial charge in [-0.2, -0.15) is 0 Å². The highest BCUT2D eigenvalue weighted by atomic mass is 16.3. The largest absolute Gasteiger partial charge is 0.392 e. The van der Waals surface area contributed by atoms with E-state index in [0.29, 0.717) is 17.1 Å². The summed E-state index contributed by atoms with van der Waals surface area (Å²) in [4.78, 5) is 12.1. The summed E-state index contributed by atoms with van der Waals surface area (Å²) in [6.45, 7) is 4.28. The van der Waals surface area contributed by atoms with E-state index in [1.807, 2.05) is 6.92 Å². The first-order valence-electron chi connectivity index (χ1n) is 5.67. The SMILES string of the molecule is CC12CC3CC(C1)C(O)C(C)(C2)C3=O. The number of hydrogen-bond donors (Lipinski definition) is 1. The monoisotopic (exact) mass is 194 g/mol. The van der Waals surface area contributed by atoms with Gasteiger partial charge in [-0.3, -0.25) is 4.79 Å². The second kappa shape index (κ2) is 2.24.